The Hall–Kier alpha value is -4.01. The van der Waals surface area contributed by atoms with E-state index in [1.807, 2.05) is 13.8 Å². The summed E-state index contributed by atoms with van der Waals surface area (Å²) in [6.07, 6.45) is -0.999. The predicted octanol–water partition coefficient (Wildman–Crippen LogP) is 3.83. The Balaban J connectivity index is 1.30. The fourth-order valence-corrected chi connectivity index (χ4v) is 3.20. The van der Waals surface area contributed by atoms with Crippen LogP contribution in [0.3, 0.4) is 0 Å². The van der Waals surface area contributed by atoms with Crippen LogP contribution in [0, 0.1) is 13.8 Å². The van der Waals surface area contributed by atoms with Crippen molar-refractivity contribution in [2.45, 2.75) is 33.5 Å². The first-order valence-corrected chi connectivity index (χ1v) is 10.5. The smallest absolute Gasteiger partial charge is 0.338 e. The molecule has 1 aliphatic heterocycles. The van der Waals surface area contributed by atoms with Gasteiger partial charge in [0.15, 0.2) is 17.6 Å². The zero-order valence-corrected chi connectivity index (χ0v) is 18.5. The predicted molar refractivity (Wildman–Crippen MR) is 118 cm³/mol. The lowest BCUT2D eigenvalue weighted by Gasteiger charge is -2.19. The van der Waals surface area contributed by atoms with Crippen LogP contribution in [0.2, 0.25) is 0 Å². The molecule has 1 unspecified atom stereocenters. The number of fused-ring (bicyclic) bond motifs is 1. The van der Waals surface area contributed by atoms with E-state index in [4.69, 9.17) is 23.5 Å². The van der Waals surface area contributed by atoms with E-state index >= 15 is 0 Å². The molecular weight excluding hydrogens is 428 g/mol. The first-order valence-electron chi connectivity index (χ1n) is 10.5. The standard InChI is InChI=1S/C24H24N2O7/c1-14-20(15(2)33-26-14)13-31-19-7-4-17(5-8-19)24(28)32-16(3)23(27)25-18-6-9-21-22(12-18)30-11-10-29-21/h4-9,12,16H,10-11,13H2,1-3H3,(H,25,27). The highest BCUT2D eigenvalue weighted by Crippen LogP contribution is 2.32. The van der Waals surface area contributed by atoms with E-state index in [2.05, 4.69) is 10.5 Å². The molecule has 1 amide bonds. The number of carbonyl (C=O) groups is 2. The second-order valence-corrected chi connectivity index (χ2v) is 7.51. The van der Waals surface area contributed by atoms with Crippen LogP contribution in [0.5, 0.6) is 17.2 Å². The number of hydrogen-bond acceptors (Lipinski definition) is 8. The van der Waals surface area contributed by atoms with Gasteiger partial charge in [0.2, 0.25) is 0 Å². The summed E-state index contributed by atoms with van der Waals surface area (Å²) in [7, 11) is 0. The number of nitrogens with one attached hydrogen (secondary N) is 1. The van der Waals surface area contributed by atoms with Crippen LogP contribution in [-0.2, 0) is 16.1 Å². The van der Waals surface area contributed by atoms with E-state index in [0.717, 1.165) is 11.3 Å². The molecule has 4 rings (SSSR count). The topological polar surface area (TPSA) is 109 Å². The number of carbonyl (C=O) groups excluding carboxylic acids is 2. The zero-order chi connectivity index (χ0) is 23.4. The van der Waals surface area contributed by atoms with E-state index in [-0.39, 0.29) is 0 Å². The minimum Gasteiger partial charge on any atom is -0.489 e. The monoisotopic (exact) mass is 452 g/mol. The van der Waals surface area contributed by atoms with Gasteiger partial charge in [0.1, 0.15) is 31.3 Å². The summed E-state index contributed by atoms with van der Waals surface area (Å²) in [5.41, 5.74) is 2.48. The minimum atomic E-state index is -0.999. The first-order chi connectivity index (χ1) is 15.9. The molecule has 9 heteroatoms. The van der Waals surface area contributed by atoms with Gasteiger partial charge >= 0.3 is 5.97 Å². The lowest BCUT2D eigenvalue weighted by molar-refractivity contribution is -0.123. The number of anilines is 1. The van der Waals surface area contributed by atoms with Crippen molar-refractivity contribution >= 4 is 17.6 Å². The van der Waals surface area contributed by atoms with Gasteiger partial charge in [0.05, 0.1) is 16.8 Å². The number of amides is 1. The highest BCUT2D eigenvalue weighted by molar-refractivity contribution is 5.97. The Morgan fingerprint density at radius 2 is 1.79 bits per heavy atom. The Morgan fingerprint density at radius 1 is 1.06 bits per heavy atom. The van der Waals surface area contributed by atoms with Gasteiger partial charge in [-0.1, -0.05) is 5.16 Å². The summed E-state index contributed by atoms with van der Waals surface area (Å²) in [6, 6.07) is 11.6. The number of benzene rings is 2. The lowest BCUT2D eigenvalue weighted by atomic mass is 10.2. The summed E-state index contributed by atoms with van der Waals surface area (Å²) < 4.78 is 27.1. The largest absolute Gasteiger partial charge is 0.489 e. The molecule has 0 fully saturated rings. The van der Waals surface area contributed by atoms with Crippen LogP contribution in [0.15, 0.2) is 47.0 Å². The van der Waals surface area contributed by atoms with Crippen molar-refractivity contribution in [2.24, 2.45) is 0 Å². The van der Waals surface area contributed by atoms with Gasteiger partial charge in [-0.25, -0.2) is 4.79 Å². The molecule has 2 aromatic carbocycles. The van der Waals surface area contributed by atoms with Gasteiger partial charge < -0.3 is 28.8 Å². The number of hydrogen-bond donors (Lipinski definition) is 1. The zero-order valence-electron chi connectivity index (χ0n) is 18.5. The molecule has 0 radical (unpaired) electrons. The van der Waals surface area contributed by atoms with Crippen molar-refractivity contribution in [3.05, 3.63) is 65.0 Å². The van der Waals surface area contributed by atoms with Crippen molar-refractivity contribution in [2.75, 3.05) is 18.5 Å². The molecule has 1 aromatic heterocycles. The van der Waals surface area contributed by atoms with Gasteiger partial charge in [0.25, 0.3) is 5.91 Å². The molecule has 3 aromatic rings. The fourth-order valence-electron chi connectivity index (χ4n) is 3.20. The van der Waals surface area contributed by atoms with E-state index in [1.54, 1.807) is 42.5 Å². The van der Waals surface area contributed by atoms with E-state index < -0.39 is 18.0 Å². The molecule has 172 valence electrons. The number of aromatic nitrogens is 1. The lowest BCUT2D eigenvalue weighted by Crippen LogP contribution is -2.30. The Bertz CT molecular complexity index is 1130. The molecule has 0 saturated heterocycles. The number of nitrogens with zero attached hydrogens (tertiary/aromatic N) is 1. The molecule has 1 atom stereocenters. The normalized spacial score (nSPS) is 13.2. The second-order valence-electron chi connectivity index (χ2n) is 7.51. The van der Waals surface area contributed by atoms with Gasteiger partial charge in [-0.2, -0.15) is 0 Å². The van der Waals surface area contributed by atoms with Crippen molar-refractivity contribution in [3.8, 4) is 17.2 Å². The number of rotatable bonds is 7. The van der Waals surface area contributed by atoms with E-state index in [0.29, 0.717) is 54.1 Å². The average Bonchev–Trinajstić information content (AvgIpc) is 3.14. The first kappa shape index (κ1) is 22.2. The summed E-state index contributed by atoms with van der Waals surface area (Å²) in [6.45, 7) is 6.42. The van der Waals surface area contributed by atoms with Crippen LogP contribution in [-0.4, -0.2) is 36.4 Å². The van der Waals surface area contributed by atoms with Crippen molar-refractivity contribution in [1.29, 1.82) is 0 Å². The molecule has 0 bridgehead atoms. The molecule has 2 heterocycles. The van der Waals surface area contributed by atoms with Gasteiger partial charge in [0, 0.05) is 11.8 Å². The van der Waals surface area contributed by atoms with Crippen LogP contribution >= 0.6 is 0 Å². The van der Waals surface area contributed by atoms with E-state index in [9.17, 15) is 9.59 Å². The van der Waals surface area contributed by atoms with Crippen LogP contribution < -0.4 is 19.5 Å². The molecule has 0 aliphatic carbocycles. The highest BCUT2D eigenvalue weighted by atomic mass is 16.6. The van der Waals surface area contributed by atoms with Crippen molar-refractivity contribution in [3.63, 3.8) is 0 Å². The molecule has 9 nitrogen and oxygen atoms in total. The maximum absolute atomic E-state index is 12.5. The Morgan fingerprint density at radius 3 is 2.48 bits per heavy atom. The maximum atomic E-state index is 12.5. The molecule has 0 saturated carbocycles. The van der Waals surface area contributed by atoms with Crippen molar-refractivity contribution < 1.29 is 33.1 Å². The van der Waals surface area contributed by atoms with Crippen LogP contribution in [0.25, 0.3) is 0 Å². The molecule has 33 heavy (non-hydrogen) atoms. The summed E-state index contributed by atoms with van der Waals surface area (Å²) >= 11 is 0. The van der Waals surface area contributed by atoms with E-state index in [1.165, 1.54) is 6.92 Å². The van der Waals surface area contributed by atoms with Gasteiger partial charge in [-0.05, 0) is 57.2 Å². The third-order valence-corrected chi connectivity index (χ3v) is 5.12. The van der Waals surface area contributed by atoms with Gasteiger partial charge in [-0.3, -0.25) is 4.79 Å². The maximum Gasteiger partial charge on any atom is 0.338 e. The highest BCUT2D eigenvalue weighted by Gasteiger charge is 2.20. The second kappa shape index (κ2) is 9.64. The summed E-state index contributed by atoms with van der Waals surface area (Å²) in [5, 5.41) is 6.60. The fraction of sp³-hybridized carbons (Fsp3) is 0.292. The molecular formula is C24H24N2O7. The average molecular weight is 452 g/mol. The molecule has 1 N–H and O–H groups in total. The van der Waals surface area contributed by atoms with Crippen LogP contribution in [0.1, 0.15) is 34.3 Å². The van der Waals surface area contributed by atoms with Crippen LogP contribution in [0.4, 0.5) is 5.69 Å². The quantitative estimate of drug-likeness (QED) is 0.539. The Labute approximate surface area is 190 Å². The molecule has 0 spiro atoms. The van der Waals surface area contributed by atoms with Gasteiger partial charge in [-0.15, -0.1) is 0 Å². The SMILES string of the molecule is Cc1noc(C)c1COc1ccc(C(=O)OC(C)C(=O)Nc2ccc3c(c2)OCCO3)cc1. The minimum absolute atomic E-state index is 0.304. The van der Waals surface area contributed by atoms with Crippen molar-refractivity contribution in [1.82, 2.24) is 5.16 Å². The third kappa shape index (κ3) is 5.25. The molecule has 1 aliphatic rings. The number of ether oxygens (including phenoxy) is 4. The number of esters is 1. The third-order valence-electron chi connectivity index (χ3n) is 5.12. The summed E-state index contributed by atoms with van der Waals surface area (Å²) in [4.78, 5) is 24.9. The summed E-state index contributed by atoms with van der Waals surface area (Å²) in [5.74, 6) is 1.39. The number of aryl methyl sites for hydroxylation is 2. The Kier molecular flexibility index (Phi) is 6.48.